The number of aliphatic imine (C=N–C) groups is 1. The summed E-state index contributed by atoms with van der Waals surface area (Å²) in [5, 5.41) is 15.7. The van der Waals surface area contributed by atoms with E-state index in [4.69, 9.17) is 20.9 Å². The molecule has 5 N–H and O–H groups in total. The first kappa shape index (κ1) is 18.7. The minimum Gasteiger partial charge on any atom is -0.384 e. The van der Waals surface area contributed by atoms with Gasteiger partial charge in [0, 0.05) is 5.92 Å². The van der Waals surface area contributed by atoms with E-state index >= 15 is 0 Å². The maximum Gasteiger partial charge on any atom is 0.212 e. The van der Waals surface area contributed by atoms with E-state index in [1.54, 1.807) is 12.1 Å². The summed E-state index contributed by atoms with van der Waals surface area (Å²) >= 11 is 0. The molecule has 1 aromatic carbocycles. The lowest BCUT2D eigenvalue weighted by molar-refractivity contribution is -0.229. The standard InChI is InChI=1S/C20H25N5O3/c1-13-9-15(12-27-11-14-5-3-2-4-6-14)28-20(13,26)17-8-7-16-19(22)23-10-18(21)24-25(16)17/h2-8,13,15,26H,9-12H2,1H3,(H2,21,24)(H2,22,23)/t13-,15?,20+/m0/s1. The van der Waals surface area contributed by atoms with Crippen LogP contribution in [0.3, 0.4) is 0 Å². The molecular formula is C20H25N5O3. The van der Waals surface area contributed by atoms with E-state index in [2.05, 4.69) is 10.1 Å². The van der Waals surface area contributed by atoms with E-state index < -0.39 is 5.79 Å². The van der Waals surface area contributed by atoms with Gasteiger partial charge in [-0.1, -0.05) is 37.3 Å². The second-order valence-corrected chi connectivity index (χ2v) is 7.28. The number of hydrogen-bond donors (Lipinski definition) is 3. The van der Waals surface area contributed by atoms with Crippen molar-refractivity contribution >= 4 is 11.7 Å². The van der Waals surface area contributed by atoms with Gasteiger partial charge in [-0.15, -0.1) is 0 Å². The van der Waals surface area contributed by atoms with Crippen molar-refractivity contribution in [3.05, 3.63) is 59.4 Å². The van der Waals surface area contributed by atoms with Crippen LogP contribution in [0.15, 0.2) is 52.6 Å². The highest BCUT2D eigenvalue weighted by molar-refractivity contribution is 5.99. The predicted molar refractivity (Wildman–Crippen MR) is 106 cm³/mol. The predicted octanol–water partition coefficient (Wildman–Crippen LogP) is 1.11. The monoisotopic (exact) mass is 383 g/mol. The van der Waals surface area contributed by atoms with Crippen molar-refractivity contribution in [2.75, 3.05) is 13.2 Å². The average molecular weight is 383 g/mol. The number of amidine groups is 2. The summed E-state index contributed by atoms with van der Waals surface area (Å²) in [4.78, 5) is 4.19. The van der Waals surface area contributed by atoms with Gasteiger partial charge < -0.3 is 26.0 Å². The van der Waals surface area contributed by atoms with Gasteiger partial charge in [0.05, 0.1) is 19.3 Å². The van der Waals surface area contributed by atoms with Crippen molar-refractivity contribution in [2.45, 2.75) is 31.8 Å². The van der Waals surface area contributed by atoms with Gasteiger partial charge in [-0.3, -0.25) is 4.99 Å². The first-order chi connectivity index (χ1) is 13.5. The van der Waals surface area contributed by atoms with Gasteiger partial charge in [-0.05, 0) is 24.1 Å². The van der Waals surface area contributed by atoms with Crippen molar-refractivity contribution < 1.29 is 14.6 Å². The van der Waals surface area contributed by atoms with Crippen LogP contribution < -0.4 is 11.5 Å². The van der Waals surface area contributed by atoms with Crippen LogP contribution >= 0.6 is 0 Å². The van der Waals surface area contributed by atoms with Crippen molar-refractivity contribution in [1.82, 2.24) is 4.68 Å². The van der Waals surface area contributed by atoms with Crippen molar-refractivity contribution in [3.8, 4) is 0 Å². The SMILES string of the molecule is C[C@H]1CC(COCc2ccccc2)O[C@@]1(O)c1ccc2n1N=C(N)CN=C2N. The first-order valence-electron chi connectivity index (χ1n) is 9.35. The maximum absolute atomic E-state index is 11.3. The van der Waals surface area contributed by atoms with Gasteiger partial charge in [0.25, 0.3) is 0 Å². The number of rotatable bonds is 5. The molecule has 3 heterocycles. The number of nitrogens with two attached hydrogens (primary N) is 2. The Bertz CT molecular complexity index is 908. The lowest BCUT2D eigenvalue weighted by Crippen LogP contribution is -2.34. The van der Waals surface area contributed by atoms with E-state index in [9.17, 15) is 5.11 Å². The molecule has 0 spiro atoms. The molecule has 1 aromatic heterocycles. The zero-order chi connectivity index (χ0) is 19.7. The molecule has 2 aliphatic heterocycles. The number of nitrogens with zero attached hydrogens (tertiary/aromatic N) is 3. The largest absolute Gasteiger partial charge is 0.384 e. The van der Waals surface area contributed by atoms with Crippen LogP contribution in [0.25, 0.3) is 0 Å². The molecule has 8 nitrogen and oxygen atoms in total. The Labute approximate surface area is 163 Å². The molecule has 3 atom stereocenters. The average Bonchev–Trinajstić information content (AvgIpc) is 3.18. The zero-order valence-electron chi connectivity index (χ0n) is 15.8. The molecule has 2 aliphatic rings. The number of aromatic nitrogens is 1. The third kappa shape index (κ3) is 3.42. The number of fused-ring (bicyclic) bond motifs is 1. The Balaban J connectivity index is 1.50. The quantitative estimate of drug-likeness (QED) is 0.714. The van der Waals surface area contributed by atoms with E-state index in [1.165, 1.54) is 4.68 Å². The molecule has 148 valence electrons. The zero-order valence-corrected chi connectivity index (χ0v) is 15.8. The van der Waals surface area contributed by atoms with Gasteiger partial charge >= 0.3 is 0 Å². The van der Waals surface area contributed by atoms with Gasteiger partial charge in [-0.25, -0.2) is 4.68 Å². The molecule has 1 unspecified atom stereocenters. The molecule has 28 heavy (non-hydrogen) atoms. The topological polar surface area (TPSA) is 120 Å². The molecule has 0 saturated carbocycles. The Morgan fingerprint density at radius 3 is 2.82 bits per heavy atom. The van der Waals surface area contributed by atoms with Crippen LogP contribution in [0.5, 0.6) is 0 Å². The summed E-state index contributed by atoms with van der Waals surface area (Å²) in [5.74, 6) is -1.02. The molecule has 1 saturated heterocycles. The van der Waals surface area contributed by atoms with Crippen LogP contribution in [0, 0.1) is 5.92 Å². The molecule has 8 heteroatoms. The maximum atomic E-state index is 11.3. The third-order valence-corrected chi connectivity index (χ3v) is 5.17. The summed E-state index contributed by atoms with van der Waals surface area (Å²) in [6, 6.07) is 13.5. The van der Waals surface area contributed by atoms with Gasteiger partial charge in [0.1, 0.15) is 29.6 Å². The summed E-state index contributed by atoms with van der Waals surface area (Å²) in [6.45, 7) is 3.06. The van der Waals surface area contributed by atoms with E-state index in [-0.39, 0.29) is 18.6 Å². The van der Waals surface area contributed by atoms with Crippen molar-refractivity contribution in [3.63, 3.8) is 0 Å². The number of aliphatic hydroxyl groups is 1. The molecule has 0 amide bonds. The molecular weight excluding hydrogens is 358 g/mol. The number of benzene rings is 1. The van der Waals surface area contributed by atoms with Crippen LogP contribution in [0.2, 0.25) is 0 Å². The van der Waals surface area contributed by atoms with Crippen LogP contribution in [0.1, 0.15) is 30.3 Å². The fourth-order valence-electron chi connectivity index (χ4n) is 3.68. The molecule has 0 radical (unpaired) electrons. The second-order valence-electron chi connectivity index (χ2n) is 7.28. The highest BCUT2D eigenvalue weighted by atomic mass is 16.6. The minimum atomic E-state index is -1.51. The molecule has 2 aromatic rings. The highest BCUT2D eigenvalue weighted by Gasteiger charge is 2.48. The summed E-state index contributed by atoms with van der Waals surface area (Å²) in [5.41, 5.74) is 14.1. The Morgan fingerprint density at radius 2 is 2.04 bits per heavy atom. The molecule has 0 aliphatic carbocycles. The summed E-state index contributed by atoms with van der Waals surface area (Å²) in [7, 11) is 0. The first-order valence-corrected chi connectivity index (χ1v) is 9.35. The Hall–Kier alpha value is -2.68. The second kappa shape index (κ2) is 7.38. The Morgan fingerprint density at radius 1 is 1.25 bits per heavy atom. The summed E-state index contributed by atoms with van der Waals surface area (Å²) < 4.78 is 13.4. The van der Waals surface area contributed by atoms with Gasteiger partial charge in [0.2, 0.25) is 5.79 Å². The van der Waals surface area contributed by atoms with Crippen LogP contribution in [-0.2, 0) is 21.9 Å². The van der Waals surface area contributed by atoms with E-state index in [1.807, 2.05) is 37.3 Å². The fourth-order valence-corrected chi connectivity index (χ4v) is 3.68. The van der Waals surface area contributed by atoms with E-state index in [0.29, 0.717) is 42.7 Å². The smallest absolute Gasteiger partial charge is 0.212 e. The summed E-state index contributed by atoms with van der Waals surface area (Å²) in [6.07, 6.45) is 0.433. The molecule has 4 rings (SSSR count). The van der Waals surface area contributed by atoms with Crippen LogP contribution in [0.4, 0.5) is 0 Å². The number of ether oxygens (including phenoxy) is 2. The van der Waals surface area contributed by atoms with Crippen LogP contribution in [-0.4, -0.2) is 40.7 Å². The van der Waals surface area contributed by atoms with Gasteiger partial charge in [-0.2, -0.15) is 5.10 Å². The van der Waals surface area contributed by atoms with Crippen molar-refractivity contribution in [2.24, 2.45) is 27.5 Å². The highest BCUT2D eigenvalue weighted by Crippen LogP contribution is 2.42. The normalized spacial score (nSPS) is 27.1. The van der Waals surface area contributed by atoms with Gasteiger partial charge in [0.15, 0.2) is 0 Å². The van der Waals surface area contributed by atoms with Crippen molar-refractivity contribution in [1.29, 1.82) is 0 Å². The third-order valence-electron chi connectivity index (χ3n) is 5.17. The fraction of sp³-hybridized carbons (Fsp3) is 0.400. The minimum absolute atomic E-state index is 0.158. The number of hydrogen-bond acceptors (Lipinski definition) is 7. The Kier molecular flexibility index (Phi) is 4.92. The lowest BCUT2D eigenvalue weighted by Gasteiger charge is -2.27. The molecule has 0 bridgehead atoms. The van der Waals surface area contributed by atoms with E-state index in [0.717, 1.165) is 5.56 Å². The molecule has 1 fully saturated rings. The lowest BCUT2D eigenvalue weighted by atomic mass is 9.96.